The first-order valence-corrected chi connectivity index (χ1v) is 8.10. The van der Waals surface area contributed by atoms with E-state index in [1.54, 1.807) is 18.1 Å². The topological polar surface area (TPSA) is 41.6 Å². The quantitative estimate of drug-likeness (QED) is 0.925. The van der Waals surface area contributed by atoms with Crippen LogP contribution in [0.5, 0.6) is 5.75 Å². The van der Waals surface area contributed by atoms with Crippen LogP contribution in [0, 0.1) is 5.82 Å². The highest BCUT2D eigenvalue weighted by atomic mass is 19.1. The van der Waals surface area contributed by atoms with Crippen LogP contribution >= 0.6 is 0 Å². The Morgan fingerprint density at radius 2 is 2.12 bits per heavy atom. The molecule has 1 aliphatic heterocycles. The highest BCUT2D eigenvalue weighted by Crippen LogP contribution is 2.32. The molecule has 3 rings (SSSR count). The fraction of sp³-hybridized carbons (Fsp3) is 0.316. The number of amides is 2. The third kappa shape index (κ3) is 3.67. The number of carbonyl (C=O) groups excluding carboxylic acids is 1. The molecule has 1 saturated heterocycles. The van der Waals surface area contributed by atoms with Crippen LogP contribution in [0.15, 0.2) is 48.5 Å². The van der Waals surface area contributed by atoms with Crippen molar-refractivity contribution in [1.82, 2.24) is 10.2 Å². The predicted octanol–water partition coefficient (Wildman–Crippen LogP) is 3.88. The first-order chi connectivity index (χ1) is 11.7. The Hall–Kier alpha value is -2.56. The Labute approximate surface area is 141 Å². The monoisotopic (exact) mass is 328 g/mol. The van der Waals surface area contributed by atoms with Crippen LogP contribution in [0.4, 0.5) is 9.18 Å². The maximum atomic E-state index is 13.5. The van der Waals surface area contributed by atoms with Crippen LogP contribution in [0.3, 0.4) is 0 Å². The number of ether oxygens (including phenoxy) is 1. The van der Waals surface area contributed by atoms with Gasteiger partial charge in [-0.25, -0.2) is 9.18 Å². The van der Waals surface area contributed by atoms with E-state index in [4.69, 9.17) is 4.74 Å². The Bertz CT molecular complexity index is 720. The molecule has 2 aromatic carbocycles. The fourth-order valence-electron chi connectivity index (χ4n) is 3.13. The minimum absolute atomic E-state index is 0.0639. The van der Waals surface area contributed by atoms with Gasteiger partial charge in [0.15, 0.2) is 0 Å². The van der Waals surface area contributed by atoms with Gasteiger partial charge in [0, 0.05) is 13.1 Å². The molecular formula is C19H21FN2O2. The van der Waals surface area contributed by atoms with E-state index in [1.165, 1.54) is 12.1 Å². The standard InChI is InChI=1S/C19H21FN2O2/c1-24-17-8-2-5-14(11-17)13-21-19(23)22-10-4-9-18(22)15-6-3-7-16(20)12-15/h2-3,5-8,11-12,18H,4,9-10,13H2,1H3,(H,21,23)/t18-/m1/s1. The van der Waals surface area contributed by atoms with E-state index >= 15 is 0 Å². The molecule has 0 saturated carbocycles. The van der Waals surface area contributed by atoms with E-state index in [2.05, 4.69) is 5.32 Å². The smallest absolute Gasteiger partial charge is 0.318 e. The van der Waals surface area contributed by atoms with Crippen molar-refractivity contribution < 1.29 is 13.9 Å². The number of methoxy groups -OCH3 is 1. The van der Waals surface area contributed by atoms with Gasteiger partial charge in [0.2, 0.25) is 0 Å². The van der Waals surface area contributed by atoms with Gasteiger partial charge in [0.25, 0.3) is 0 Å². The molecule has 0 aromatic heterocycles. The summed E-state index contributed by atoms with van der Waals surface area (Å²) in [5.74, 6) is 0.497. The predicted molar refractivity (Wildman–Crippen MR) is 90.3 cm³/mol. The first-order valence-electron chi connectivity index (χ1n) is 8.10. The fourth-order valence-corrected chi connectivity index (χ4v) is 3.13. The number of benzene rings is 2. The summed E-state index contributed by atoms with van der Waals surface area (Å²) in [7, 11) is 1.62. The summed E-state index contributed by atoms with van der Waals surface area (Å²) in [6, 6.07) is 13.9. The second kappa shape index (κ2) is 7.34. The lowest BCUT2D eigenvalue weighted by Gasteiger charge is -2.25. The molecule has 5 heteroatoms. The van der Waals surface area contributed by atoms with E-state index < -0.39 is 0 Å². The lowest BCUT2D eigenvalue weighted by molar-refractivity contribution is 0.192. The molecule has 1 aliphatic rings. The van der Waals surface area contributed by atoms with Crippen molar-refractivity contribution in [3.63, 3.8) is 0 Å². The molecule has 1 fully saturated rings. The number of hydrogen-bond acceptors (Lipinski definition) is 2. The van der Waals surface area contributed by atoms with E-state index in [9.17, 15) is 9.18 Å². The summed E-state index contributed by atoms with van der Waals surface area (Å²) in [6.45, 7) is 1.12. The van der Waals surface area contributed by atoms with Crippen molar-refractivity contribution >= 4 is 6.03 Å². The summed E-state index contributed by atoms with van der Waals surface area (Å²) in [5, 5.41) is 2.94. The van der Waals surface area contributed by atoms with Crippen molar-refractivity contribution in [2.45, 2.75) is 25.4 Å². The molecular weight excluding hydrogens is 307 g/mol. The number of urea groups is 1. The Balaban J connectivity index is 1.65. The number of carbonyl (C=O) groups is 1. The molecule has 0 radical (unpaired) electrons. The first kappa shape index (κ1) is 16.3. The second-order valence-corrected chi connectivity index (χ2v) is 5.92. The molecule has 0 unspecified atom stereocenters. The molecule has 126 valence electrons. The van der Waals surface area contributed by atoms with Crippen molar-refractivity contribution in [2.24, 2.45) is 0 Å². The zero-order chi connectivity index (χ0) is 16.9. The van der Waals surface area contributed by atoms with Crippen LogP contribution in [-0.4, -0.2) is 24.6 Å². The minimum Gasteiger partial charge on any atom is -0.497 e. The largest absolute Gasteiger partial charge is 0.497 e. The Kier molecular flexibility index (Phi) is 4.99. The molecule has 0 aliphatic carbocycles. The van der Waals surface area contributed by atoms with Gasteiger partial charge >= 0.3 is 6.03 Å². The molecule has 24 heavy (non-hydrogen) atoms. The van der Waals surface area contributed by atoms with Gasteiger partial charge in [0.1, 0.15) is 11.6 Å². The number of hydrogen-bond donors (Lipinski definition) is 1. The molecule has 2 amide bonds. The van der Waals surface area contributed by atoms with Gasteiger partial charge in [0.05, 0.1) is 13.2 Å². The van der Waals surface area contributed by atoms with E-state index in [-0.39, 0.29) is 17.9 Å². The summed E-state index contributed by atoms with van der Waals surface area (Å²) in [6.07, 6.45) is 1.78. The minimum atomic E-state index is -0.267. The molecule has 1 heterocycles. The zero-order valence-electron chi connectivity index (χ0n) is 13.7. The van der Waals surface area contributed by atoms with Gasteiger partial charge in [-0.2, -0.15) is 0 Å². The van der Waals surface area contributed by atoms with E-state index in [1.807, 2.05) is 30.3 Å². The number of rotatable bonds is 4. The molecule has 0 spiro atoms. The van der Waals surface area contributed by atoms with Crippen molar-refractivity contribution in [3.05, 3.63) is 65.5 Å². The summed E-state index contributed by atoms with van der Waals surface area (Å²) in [4.78, 5) is 14.3. The third-order valence-corrected chi connectivity index (χ3v) is 4.32. The normalized spacial score (nSPS) is 16.9. The highest BCUT2D eigenvalue weighted by molar-refractivity contribution is 5.75. The number of likely N-dealkylation sites (tertiary alicyclic amines) is 1. The van der Waals surface area contributed by atoms with Crippen LogP contribution in [0.2, 0.25) is 0 Å². The summed E-state index contributed by atoms with van der Waals surface area (Å²) < 4.78 is 18.6. The molecule has 0 bridgehead atoms. The van der Waals surface area contributed by atoms with Gasteiger partial charge in [-0.3, -0.25) is 0 Å². The molecule has 2 aromatic rings. The molecule has 1 atom stereocenters. The van der Waals surface area contributed by atoms with Gasteiger partial charge in [-0.1, -0.05) is 24.3 Å². The van der Waals surface area contributed by atoms with Crippen molar-refractivity contribution in [1.29, 1.82) is 0 Å². The van der Waals surface area contributed by atoms with Crippen molar-refractivity contribution in [3.8, 4) is 5.75 Å². The maximum absolute atomic E-state index is 13.5. The summed E-state index contributed by atoms with van der Waals surface area (Å²) in [5.41, 5.74) is 1.83. The number of nitrogens with one attached hydrogen (secondary N) is 1. The third-order valence-electron chi connectivity index (χ3n) is 4.32. The van der Waals surface area contributed by atoms with Gasteiger partial charge < -0.3 is 15.0 Å². The lowest BCUT2D eigenvalue weighted by Crippen LogP contribution is -2.39. The number of nitrogens with zero attached hydrogens (tertiary/aromatic N) is 1. The van der Waals surface area contributed by atoms with E-state index in [0.717, 1.165) is 29.7 Å². The maximum Gasteiger partial charge on any atom is 0.318 e. The average Bonchev–Trinajstić information content (AvgIpc) is 3.10. The lowest BCUT2D eigenvalue weighted by atomic mass is 10.0. The Morgan fingerprint density at radius 1 is 1.29 bits per heavy atom. The van der Waals surface area contributed by atoms with Gasteiger partial charge in [-0.15, -0.1) is 0 Å². The second-order valence-electron chi connectivity index (χ2n) is 5.92. The average molecular weight is 328 g/mol. The Morgan fingerprint density at radius 3 is 2.92 bits per heavy atom. The van der Waals surface area contributed by atoms with Crippen LogP contribution in [0.1, 0.15) is 30.0 Å². The SMILES string of the molecule is COc1cccc(CNC(=O)N2CCC[C@@H]2c2cccc(F)c2)c1. The zero-order valence-corrected chi connectivity index (χ0v) is 13.7. The summed E-state index contributed by atoms with van der Waals surface area (Å²) >= 11 is 0. The van der Waals surface area contributed by atoms with Crippen LogP contribution < -0.4 is 10.1 Å². The van der Waals surface area contributed by atoms with Crippen molar-refractivity contribution in [2.75, 3.05) is 13.7 Å². The molecule has 1 N–H and O–H groups in total. The van der Waals surface area contributed by atoms with Gasteiger partial charge in [-0.05, 0) is 48.2 Å². The van der Waals surface area contributed by atoms with E-state index in [0.29, 0.717) is 13.1 Å². The number of halogens is 1. The highest BCUT2D eigenvalue weighted by Gasteiger charge is 2.29. The molecule has 4 nitrogen and oxygen atoms in total. The van der Waals surface area contributed by atoms with Crippen LogP contribution in [0.25, 0.3) is 0 Å². The van der Waals surface area contributed by atoms with Crippen LogP contribution in [-0.2, 0) is 6.54 Å².